The summed E-state index contributed by atoms with van der Waals surface area (Å²) in [5, 5.41) is 0. The molecule has 0 bridgehead atoms. The first-order valence-corrected chi connectivity index (χ1v) is 8.52. The SMILES string of the molecule is CN(C)S(=O)(=O)c1ccc(Sc2ccc(N)cc2)s1. The second-order valence-corrected chi connectivity index (χ2v) is 8.87. The molecule has 0 unspecified atom stereocenters. The minimum Gasteiger partial charge on any atom is -0.399 e. The smallest absolute Gasteiger partial charge is 0.252 e. The quantitative estimate of drug-likeness (QED) is 0.881. The summed E-state index contributed by atoms with van der Waals surface area (Å²) in [4.78, 5) is 1.03. The predicted octanol–water partition coefficient (Wildman–Crippen LogP) is 2.73. The standard InChI is InChI=1S/C12H14N2O2S3/c1-14(2)19(15,16)12-8-7-11(18-12)17-10-5-3-9(13)4-6-10/h3-8H,13H2,1-2H3. The van der Waals surface area contributed by atoms with Gasteiger partial charge in [0, 0.05) is 24.7 Å². The van der Waals surface area contributed by atoms with E-state index in [0.29, 0.717) is 9.90 Å². The van der Waals surface area contributed by atoms with E-state index in [4.69, 9.17) is 5.73 Å². The maximum absolute atomic E-state index is 12.0. The monoisotopic (exact) mass is 314 g/mol. The van der Waals surface area contributed by atoms with Crippen LogP contribution >= 0.6 is 23.1 Å². The van der Waals surface area contributed by atoms with Gasteiger partial charge in [0.1, 0.15) is 4.21 Å². The number of hydrogen-bond acceptors (Lipinski definition) is 5. The van der Waals surface area contributed by atoms with Gasteiger partial charge in [-0.3, -0.25) is 0 Å². The number of nitrogens with zero attached hydrogens (tertiary/aromatic N) is 1. The topological polar surface area (TPSA) is 63.4 Å². The minimum absolute atomic E-state index is 0.357. The summed E-state index contributed by atoms with van der Waals surface area (Å²) in [6.07, 6.45) is 0. The summed E-state index contributed by atoms with van der Waals surface area (Å²) in [6.45, 7) is 0. The van der Waals surface area contributed by atoms with E-state index in [2.05, 4.69) is 0 Å². The summed E-state index contributed by atoms with van der Waals surface area (Å²) in [6, 6.07) is 10.9. The molecule has 0 atom stereocenters. The Kier molecular flexibility index (Phi) is 4.19. The van der Waals surface area contributed by atoms with Gasteiger partial charge in [-0.1, -0.05) is 11.8 Å². The van der Waals surface area contributed by atoms with E-state index in [-0.39, 0.29) is 0 Å². The molecule has 0 saturated heterocycles. The summed E-state index contributed by atoms with van der Waals surface area (Å²) in [5.74, 6) is 0. The molecule has 7 heteroatoms. The van der Waals surface area contributed by atoms with Gasteiger partial charge in [0.15, 0.2) is 0 Å². The van der Waals surface area contributed by atoms with Crippen molar-refractivity contribution in [1.29, 1.82) is 0 Å². The highest BCUT2D eigenvalue weighted by molar-refractivity contribution is 8.01. The van der Waals surface area contributed by atoms with E-state index in [0.717, 1.165) is 9.10 Å². The van der Waals surface area contributed by atoms with Crippen LogP contribution in [0.4, 0.5) is 5.69 Å². The molecular weight excluding hydrogens is 300 g/mol. The van der Waals surface area contributed by atoms with Crippen molar-refractivity contribution >= 4 is 38.8 Å². The predicted molar refractivity (Wildman–Crippen MR) is 80.2 cm³/mol. The lowest BCUT2D eigenvalue weighted by Crippen LogP contribution is -2.21. The number of rotatable bonds is 4. The van der Waals surface area contributed by atoms with Gasteiger partial charge >= 0.3 is 0 Å². The fourth-order valence-corrected chi connectivity index (χ4v) is 5.06. The van der Waals surface area contributed by atoms with Crippen LogP contribution in [0.15, 0.2) is 49.7 Å². The normalized spacial score (nSPS) is 11.9. The first kappa shape index (κ1) is 14.4. The Balaban J connectivity index is 2.20. The second-order valence-electron chi connectivity index (χ2n) is 4.03. The molecule has 102 valence electrons. The number of thiophene rings is 1. The summed E-state index contributed by atoms with van der Waals surface area (Å²) in [7, 11) is -0.277. The first-order chi connectivity index (χ1) is 8.89. The molecule has 0 aliphatic carbocycles. The third-order valence-electron chi connectivity index (χ3n) is 2.39. The largest absolute Gasteiger partial charge is 0.399 e. The van der Waals surface area contributed by atoms with Gasteiger partial charge in [-0.15, -0.1) is 11.3 Å². The number of benzene rings is 1. The van der Waals surface area contributed by atoms with E-state index in [9.17, 15) is 8.42 Å². The lowest BCUT2D eigenvalue weighted by Gasteiger charge is -2.08. The number of sulfonamides is 1. The molecule has 0 aliphatic rings. The molecule has 0 aliphatic heterocycles. The number of hydrogen-bond donors (Lipinski definition) is 1. The second kappa shape index (κ2) is 5.54. The van der Waals surface area contributed by atoms with E-state index < -0.39 is 10.0 Å². The van der Waals surface area contributed by atoms with Crippen LogP contribution in [0.5, 0.6) is 0 Å². The van der Waals surface area contributed by atoms with Gasteiger partial charge in [0.2, 0.25) is 0 Å². The van der Waals surface area contributed by atoms with Crippen molar-refractivity contribution in [2.75, 3.05) is 19.8 Å². The maximum atomic E-state index is 12.0. The number of nitrogen functional groups attached to an aromatic ring is 1. The summed E-state index contributed by atoms with van der Waals surface area (Å²) >= 11 is 2.79. The van der Waals surface area contributed by atoms with Crippen molar-refractivity contribution in [2.45, 2.75) is 13.3 Å². The van der Waals surface area contributed by atoms with Crippen LogP contribution in [0.3, 0.4) is 0 Å². The van der Waals surface area contributed by atoms with Gasteiger partial charge in [-0.2, -0.15) is 0 Å². The van der Waals surface area contributed by atoms with Crippen molar-refractivity contribution in [3.05, 3.63) is 36.4 Å². The molecule has 1 aromatic carbocycles. The van der Waals surface area contributed by atoms with Crippen molar-refractivity contribution < 1.29 is 8.42 Å². The zero-order chi connectivity index (χ0) is 14.0. The van der Waals surface area contributed by atoms with Gasteiger partial charge in [-0.25, -0.2) is 12.7 Å². The van der Waals surface area contributed by atoms with Gasteiger partial charge < -0.3 is 5.73 Å². The first-order valence-electron chi connectivity index (χ1n) is 5.45. The molecule has 0 saturated carbocycles. The van der Waals surface area contributed by atoms with Crippen LogP contribution in [0.25, 0.3) is 0 Å². The van der Waals surface area contributed by atoms with Crippen LogP contribution in [-0.2, 0) is 10.0 Å². The Labute approximate surface area is 121 Å². The molecule has 1 heterocycles. The average Bonchev–Trinajstić information content (AvgIpc) is 2.81. The van der Waals surface area contributed by atoms with E-state index in [1.807, 2.05) is 30.3 Å². The lowest BCUT2D eigenvalue weighted by molar-refractivity contribution is 0.523. The molecule has 0 spiro atoms. The third kappa shape index (κ3) is 3.30. The van der Waals surface area contributed by atoms with Gasteiger partial charge in [0.05, 0.1) is 4.21 Å². The zero-order valence-corrected chi connectivity index (χ0v) is 13.0. The van der Waals surface area contributed by atoms with Crippen LogP contribution in [0, 0.1) is 0 Å². The molecule has 2 N–H and O–H groups in total. The molecule has 2 aromatic rings. The van der Waals surface area contributed by atoms with Crippen molar-refractivity contribution in [2.24, 2.45) is 0 Å². The fourth-order valence-electron chi connectivity index (χ4n) is 1.33. The zero-order valence-electron chi connectivity index (χ0n) is 10.5. The van der Waals surface area contributed by atoms with Gasteiger partial charge in [0.25, 0.3) is 10.0 Å². The molecule has 4 nitrogen and oxygen atoms in total. The highest BCUT2D eigenvalue weighted by Gasteiger charge is 2.19. The molecule has 0 amide bonds. The minimum atomic E-state index is -3.34. The van der Waals surface area contributed by atoms with Crippen LogP contribution in [0.1, 0.15) is 0 Å². The molecule has 0 radical (unpaired) electrons. The summed E-state index contributed by atoms with van der Waals surface area (Å²) < 4.78 is 26.4. The van der Waals surface area contributed by atoms with Crippen molar-refractivity contribution in [1.82, 2.24) is 4.31 Å². The Morgan fingerprint density at radius 3 is 2.32 bits per heavy atom. The molecule has 2 rings (SSSR count). The molecular formula is C12H14N2O2S3. The van der Waals surface area contributed by atoms with Crippen molar-refractivity contribution in [3.8, 4) is 0 Å². The Bertz CT molecular complexity index is 661. The highest BCUT2D eigenvalue weighted by atomic mass is 32.3. The highest BCUT2D eigenvalue weighted by Crippen LogP contribution is 2.35. The average molecular weight is 314 g/mol. The maximum Gasteiger partial charge on any atom is 0.252 e. The van der Waals surface area contributed by atoms with Crippen LogP contribution in [-0.4, -0.2) is 26.8 Å². The molecule has 19 heavy (non-hydrogen) atoms. The Morgan fingerprint density at radius 1 is 1.11 bits per heavy atom. The summed E-state index contributed by atoms with van der Waals surface area (Å²) in [5.41, 5.74) is 6.34. The van der Waals surface area contributed by atoms with Gasteiger partial charge in [-0.05, 0) is 36.4 Å². The Morgan fingerprint density at radius 2 is 1.74 bits per heavy atom. The Hall–Kier alpha value is -1.02. The van der Waals surface area contributed by atoms with E-state index >= 15 is 0 Å². The van der Waals surface area contributed by atoms with Crippen molar-refractivity contribution in [3.63, 3.8) is 0 Å². The van der Waals surface area contributed by atoms with E-state index in [1.165, 1.54) is 41.5 Å². The fraction of sp³-hybridized carbons (Fsp3) is 0.167. The van der Waals surface area contributed by atoms with Crippen LogP contribution < -0.4 is 5.73 Å². The number of anilines is 1. The number of nitrogens with two attached hydrogens (primary N) is 1. The van der Waals surface area contributed by atoms with E-state index in [1.54, 1.807) is 6.07 Å². The molecule has 1 aromatic heterocycles. The lowest BCUT2D eigenvalue weighted by atomic mass is 10.3. The molecule has 0 fully saturated rings. The van der Waals surface area contributed by atoms with Crippen LogP contribution in [0.2, 0.25) is 0 Å². The third-order valence-corrected chi connectivity index (χ3v) is 6.90.